The van der Waals surface area contributed by atoms with Gasteiger partial charge in [-0.25, -0.2) is 9.59 Å². The van der Waals surface area contributed by atoms with Gasteiger partial charge in [-0.05, 0) is 74.9 Å². The normalized spacial score (nSPS) is 10.3. The SMILES string of the molecule is CCOC(=O)c1cc(Br)c(C(C)C)cc1OCC.CCOC(=O)c1cc(C#N)c(C(C)C)cc1OCC. The Morgan fingerprint density at radius 3 is 1.57 bits per heavy atom. The Labute approximate surface area is 229 Å². The molecule has 37 heavy (non-hydrogen) atoms. The lowest BCUT2D eigenvalue weighted by atomic mass is 9.95. The third-order valence-corrected chi connectivity index (χ3v) is 5.89. The lowest BCUT2D eigenvalue weighted by Crippen LogP contribution is -2.10. The molecule has 0 heterocycles. The summed E-state index contributed by atoms with van der Waals surface area (Å²) in [4.78, 5) is 23.7. The predicted octanol–water partition coefficient (Wildman–Crippen LogP) is 7.40. The minimum absolute atomic E-state index is 0.185. The topological polar surface area (TPSA) is 94.9 Å². The molecule has 0 bridgehead atoms. The second-order valence-corrected chi connectivity index (χ2v) is 9.39. The van der Waals surface area contributed by atoms with Gasteiger partial charge in [-0.15, -0.1) is 0 Å². The molecular weight excluding hydrogens is 538 g/mol. The van der Waals surface area contributed by atoms with Crippen molar-refractivity contribution in [3.63, 3.8) is 0 Å². The van der Waals surface area contributed by atoms with Crippen molar-refractivity contribution in [2.75, 3.05) is 26.4 Å². The molecule has 2 rings (SSSR count). The maximum Gasteiger partial charge on any atom is 0.341 e. The quantitative estimate of drug-likeness (QED) is 0.272. The molecule has 8 heteroatoms. The van der Waals surface area contributed by atoms with E-state index in [1.54, 1.807) is 32.0 Å². The van der Waals surface area contributed by atoms with Crippen LogP contribution in [0.15, 0.2) is 28.7 Å². The van der Waals surface area contributed by atoms with Crippen LogP contribution in [0.4, 0.5) is 0 Å². The predicted molar refractivity (Wildman–Crippen MR) is 148 cm³/mol. The molecule has 0 aromatic heterocycles. The number of nitriles is 1. The van der Waals surface area contributed by atoms with E-state index in [1.807, 2.05) is 33.8 Å². The first-order chi connectivity index (χ1) is 17.6. The van der Waals surface area contributed by atoms with Crippen molar-refractivity contribution in [3.05, 3.63) is 56.6 Å². The maximum absolute atomic E-state index is 11.9. The summed E-state index contributed by atoms with van der Waals surface area (Å²) in [5.41, 5.74) is 3.26. The van der Waals surface area contributed by atoms with Crippen LogP contribution in [-0.4, -0.2) is 38.4 Å². The van der Waals surface area contributed by atoms with Crippen LogP contribution in [0.3, 0.4) is 0 Å². The number of benzene rings is 2. The first-order valence-corrected chi connectivity index (χ1v) is 13.4. The number of carbonyl (C=O) groups excluding carboxylic acids is 2. The van der Waals surface area contributed by atoms with E-state index in [9.17, 15) is 14.9 Å². The Hall–Kier alpha value is -3.05. The summed E-state index contributed by atoms with van der Waals surface area (Å²) in [6.07, 6.45) is 0. The van der Waals surface area contributed by atoms with Crippen molar-refractivity contribution in [1.82, 2.24) is 0 Å². The van der Waals surface area contributed by atoms with Crippen LogP contribution in [0.1, 0.15) is 105 Å². The minimum Gasteiger partial charge on any atom is -0.493 e. The molecule has 0 unspecified atom stereocenters. The maximum atomic E-state index is 11.9. The Morgan fingerprint density at radius 1 is 0.757 bits per heavy atom. The molecular formula is C29H38BrNO6. The zero-order chi connectivity index (χ0) is 28.1. The van der Waals surface area contributed by atoms with Crippen LogP contribution >= 0.6 is 15.9 Å². The van der Waals surface area contributed by atoms with Crippen molar-refractivity contribution >= 4 is 27.9 Å². The van der Waals surface area contributed by atoms with Gasteiger partial charge in [-0.2, -0.15) is 5.26 Å². The average Bonchev–Trinajstić information content (AvgIpc) is 2.85. The van der Waals surface area contributed by atoms with E-state index in [4.69, 9.17) is 18.9 Å². The van der Waals surface area contributed by atoms with Crippen LogP contribution in [0, 0.1) is 11.3 Å². The monoisotopic (exact) mass is 575 g/mol. The number of hydrogen-bond acceptors (Lipinski definition) is 7. The number of hydrogen-bond donors (Lipinski definition) is 0. The van der Waals surface area contributed by atoms with Crippen LogP contribution < -0.4 is 9.47 Å². The summed E-state index contributed by atoms with van der Waals surface area (Å²) >= 11 is 3.49. The summed E-state index contributed by atoms with van der Waals surface area (Å²) in [5, 5.41) is 9.18. The van der Waals surface area contributed by atoms with Gasteiger partial charge in [0.05, 0.1) is 38.1 Å². The fourth-order valence-corrected chi connectivity index (χ4v) is 4.27. The standard InChI is InChI=1S/C15H19NO3.C14H19BrO3/c1-5-18-14-8-12(10(3)4)11(9-16)7-13(14)15(17)19-6-2;1-5-17-13-8-10(9(3)4)12(15)7-11(13)14(16)18-6-2/h7-8,10H,5-6H2,1-4H3;7-9H,5-6H2,1-4H3. The molecule has 0 saturated carbocycles. The molecule has 7 nitrogen and oxygen atoms in total. The zero-order valence-electron chi connectivity index (χ0n) is 23.1. The van der Waals surface area contributed by atoms with E-state index in [1.165, 1.54) is 0 Å². The highest BCUT2D eigenvalue weighted by molar-refractivity contribution is 9.10. The molecule has 0 amide bonds. The number of rotatable bonds is 10. The number of esters is 2. The molecule has 0 aliphatic carbocycles. The van der Waals surface area contributed by atoms with Gasteiger partial charge in [0.2, 0.25) is 0 Å². The smallest absolute Gasteiger partial charge is 0.341 e. The molecule has 0 aliphatic heterocycles. The Morgan fingerprint density at radius 2 is 1.19 bits per heavy atom. The van der Waals surface area contributed by atoms with Crippen LogP contribution in [0.5, 0.6) is 11.5 Å². The minimum atomic E-state index is -0.460. The van der Waals surface area contributed by atoms with Gasteiger partial charge in [0.25, 0.3) is 0 Å². The van der Waals surface area contributed by atoms with E-state index in [0.29, 0.717) is 53.9 Å². The largest absolute Gasteiger partial charge is 0.493 e. The number of carbonyl (C=O) groups is 2. The number of nitrogens with zero attached hydrogens (tertiary/aromatic N) is 1. The highest BCUT2D eigenvalue weighted by atomic mass is 79.9. The third kappa shape index (κ3) is 9.08. The molecule has 2 aromatic carbocycles. The molecule has 202 valence electrons. The second-order valence-electron chi connectivity index (χ2n) is 8.53. The van der Waals surface area contributed by atoms with Crippen LogP contribution in [0.2, 0.25) is 0 Å². The second kappa shape index (κ2) is 15.9. The van der Waals surface area contributed by atoms with Gasteiger partial charge in [-0.3, -0.25) is 0 Å². The van der Waals surface area contributed by atoms with Gasteiger partial charge in [-0.1, -0.05) is 43.6 Å². The van der Waals surface area contributed by atoms with Crippen molar-refractivity contribution in [2.24, 2.45) is 0 Å². The lowest BCUT2D eigenvalue weighted by molar-refractivity contribution is 0.0512. The van der Waals surface area contributed by atoms with Crippen molar-refractivity contribution < 1.29 is 28.5 Å². The highest BCUT2D eigenvalue weighted by Gasteiger charge is 2.20. The Balaban J connectivity index is 0.000000371. The average molecular weight is 577 g/mol. The molecule has 2 aromatic rings. The van der Waals surface area contributed by atoms with Gasteiger partial charge < -0.3 is 18.9 Å². The third-order valence-electron chi connectivity index (χ3n) is 5.21. The highest BCUT2D eigenvalue weighted by Crippen LogP contribution is 2.33. The van der Waals surface area contributed by atoms with Crippen molar-refractivity contribution in [2.45, 2.75) is 67.2 Å². The fourth-order valence-electron chi connectivity index (χ4n) is 3.47. The number of ether oxygens (including phenoxy) is 4. The van der Waals surface area contributed by atoms with Crippen molar-refractivity contribution in [3.8, 4) is 17.6 Å². The van der Waals surface area contributed by atoms with Crippen molar-refractivity contribution in [1.29, 1.82) is 5.26 Å². The molecule has 0 saturated heterocycles. The first-order valence-electron chi connectivity index (χ1n) is 12.6. The van der Waals surface area contributed by atoms with E-state index in [0.717, 1.165) is 15.6 Å². The summed E-state index contributed by atoms with van der Waals surface area (Å²) < 4.78 is 21.9. The molecule has 0 spiro atoms. The lowest BCUT2D eigenvalue weighted by Gasteiger charge is -2.15. The molecule has 0 atom stereocenters. The van der Waals surface area contributed by atoms with Gasteiger partial charge >= 0.3 is 11.9 Å². The molecule has 0 aliphatic rings. The number of halogens is 1. The summed E-state index contributed by atoms with van der Waals surface area (Å²) in [7, 11) is 0. The van der Waals surface area contributed by atoms with Crippen LogP contribution in [0.25, 0.3) is 0 Å². The molecule has 0 N–H and O–H groups in total. The van der Waals surface area contributed by atoms with Crippen LogP contribution in [-0.2, 0) is 9.47 Å². The van der Waals surface area contributed by atoms with Gasteiger partial charge in [0, 0.05) is 4.47 Å². The fraction of sp³-hybridized carbons (Fsp3) is 0.483. The first kappa shape index (κ1) is 32.0. The summed E-state index contributed by atoms with van der Waals surface area (Å²) in [5.74, 6) is 0.793. The van der Waals surface area contributed by atoms with E-state index >= 15 is 0 Å². The van der Waals surface area contributed by atoms with E-state index in [2.05, 4.69) is 35.8 Å². The Kier molecular flexibility index (Phi) is 13.8. The van der Waals surface area contributed by atoms with E-state index in [-0.39, 0.29) is 18.5 Å². The molecule has 0 fully saturated rings. The van der Waals surface area contributed by atoms with Gasteiger partial charge in [0.1, 0.15) is 22.6 Å². The van der Waals surface area contributed by atoms with Gasteiger partial charge in [0.15, 0.2) is 0 Å². The zero-order valence-corrected chi connectivity index (χ0v) is 24.7. The molecule has 0 radical (unpaired) electrons. The summed E-state index contributed by atoms with van der Waals surface area (Å²) in [6.45, 7) is 17.1. The van der Waals surface area contributed by atoms with E-state index < -0.39 is 5.97 Å². The Bertz CT molecular complexity index is 1100. The summed E-state index contributed by atoms with van der Waals surface area (Å²) in [6, 6.07) is 9.12.